The van der Waals surface area contributed by atoms with E-state index < -0.39 is 22.9 Å². The molecule has 2 aromatic carbocycles. The Bertz CT molecular complexity index is 617. The molecule has 0 N–H and O–H groups in total. The molecule has 1 unspecified atom stereocenters. The second-order valence-electron chi connectivity index (χ2n) is 4.86. The van der Waals surface area contributed by atoms with Crippen LogP contribution in [0, 0.1) is 12.7 Å². The van der Waals surface area contributed by atoms with E-state index in [1.807, 2.05) is 31.2 Å². The minimum absolute atomic E-state index is 0.132. The predicted octanol–water partition coefficient (Wildman–Crippen LogP) is 5.68. The van der Waals surface area contributed by atoms with Crippen molar-refractivity contribution < 1.29 is 17.6 Å². The van der Waals surface area contributed by atoms with Gasteiger partial charge in [0.1, 0.15) is 5.82 Å². The Morgan fingerprint density at radius 1 is 1.05 bits per heavy atom. The Balaban J connectivity index is 2.27. The van der Waals surface area contributed by atoms with E-state index in [1.165, 1.54) is 12.1 Å². The maximum Gasteiger partial charge on any atom is 0.419 e. The third kappa shape index (κ3) is 3.76. The summed E-state index contributed by atoms with van der Waals surface area (Å²) >= 11 is 6.10. The third-order valence-electron chi connectivity index (χ3n) is 3.21. The minimum atomic E-state index is -4.72. The molecule has 0 aromatic heterocycles. The van der Waals surface area contributed by atoms with E-state index in [0.29, 0.717) is 6.07 Å². The van der Waals surface area contributed by atoms with Gasteiger partial charge in [-0.25, -0.2) is 4.39 Å². The molecule has 0 aliphatic heterocycles. The van der Waals surface area contributed by atoms with Gasteiger partial charge in [-0.15, -0.1) is 11.6 Å². The number of aryl methyl sites for hydroxylation is 1. The second-order valence-corrected chi connectivity index (χ2v) is 5.39. The van der Waals surface area contributed by atoms with Gasteiger partial charge in [-0.05, 0) is 25.0 Å². The molecule has 112 valence electrons. The van der Waals surface area contributed by atoms with Crippen LogP contribution in [-0.2, 0) is 12.6 Å². The minimum Gasteiger partial charge on any atom is -0.206 e. The molecule has 0 amide bonds. The standard InChI is InChI=1S/C16H13ClF4/c1-10-5-7-11(8-6-10)9-14(17)12-3-2-4-13(15(12)18)16(19,20)21/h2-8,14H,9H2,1H3. The summed E-state index contributed by atoms with van der Waals surface area (Å²) in [5, 5.41) is -0.852. The molecule has 0 radical (unpaired) electrons. The Morgan fingerprint density at radius 2 is 1.67 bits per heavy atom. The topological polar surface area (TPSA) is 0 Å². The number of halogens is 5. The zero-order chi connectivity index (χ0) is 15.6. The first-order valence-corrected chi connectivity index (χ1v) is 6.78. The summed E-state index contributed by atoms with van der Waals surface area (Å²) in [5.41, 5.74) is 0.495. The van der Waals surface area contributed by atoms with Crippen molar-refractivity contribution in [3.05, 3.63) is 70.5 Å². The molecule has 0 spiro atoms. The summed E-state index contributed by atoms with van der Waals surface area (Å²) in [5.74, 6) is -1.29. The van der Waals surface area contributed by atoms with E-state index in [4.69, 9.17) is 11.6 Å². The molecule has 0 bridgehead atoms. The highest BCUT2D eigenvalue weighted by Crippen LogP contribution is 2.36. The van der Waals surface area contributed by atoms with E-state index in [0.717, 1.165) is 11.1 Å². The average Bonchev–Trinajstić information content (AvgIpc) is 2.40. The van der Waals surface area contributed by atoms with Crippen LogP contribution in [0.15, 0.2) is 42.5 Å². The highest BCUT2D eigenvalue weighted by Gasteiger charge is 2.35. The smallest absolute Gasteiger partial charge is 0.206 e. The van der Waals surface area contributed by atoms with Crippen LogP contribution in [0.5, 0.6) is 0 Å². The van der Waals surface area contributed by atoms with Crippen LogP contribution in [0.25, 0.3) is 0 Å². The van der Waals surface area contributed by atoms with Crippen molar-refractivity contribution in [3.63, 3.8) is 0 Å². The maximum atomic E-state index is 14.0. The SMILES string of the molecule is Cc1ccc(CC(Cl)c2cccc(C(F)(F)F)c2F)cc1. The van der Waals surface area contributed by atoms with E-state index in [-0.39, 0.29) is 12.0 Å². The van der Waals surface area contributed by atoms with Crippen molar-refractivity contribution in [1.82, 2.24) is 0 Å². The molecule has 21 heavy (non-hydrogen) atoms. The normalized spacial score (nSPS) is 13.2. The van der Waals surface area contributed by atoms with E-state index in [2.05, 4.69) is 0 Å². The molecular formula is C16H13ClF4. The van der Waals surface area contributed by atoms with Crippen molar-refractivity contribution in [3.8, 4) is 0 Å². The highest BCUT2D eigenvalue weighted by molar-refractivity contribution is 6.21. The van der Waals surface area contributed by atoms with Crippen LogP contribution in [0.2, 0.25) is 0 Å². The molecule has 5 heteroatoms. The Morgan fingerprint density at radius 3 is 2.24 bits per heavy atom. The van der Waals surface area contributed by atoms with Crippen molar-refractivity contribution in [2.75, 3.05) is 0 Å². The van der Waals surface area contributed by atoms with Gasteiger partial charge in [0.15, 0.2) is 0 Å². The van der Waals surface area contributed by atoms with Crippen molar-refractivity contribution in [1.29, 1.82) is 0 Å². The van der Waals surface area contributed by atoms with Crippen molar-refractivity contribution >= 4 is 11.6 Å². The van der Waals surface area contributed by atoms with Gasteiger partial charge in [-0.3, -0.25) is 0 Å². The summed E-state index contributed by atoms with van der Waals surface area (Å²) in [4.78, 5) is 0. The van der Waals surface area contributed by atoms with Gasteiger partial charge in [-0.1, -0.05) is 42.0 Å². The summed E-state index contributed by atoms with van der Waals surface area (Å²) < 4.78 is 52.0. The lowest BCUT2D eigenvalue weighted by molar-refractivity contribution is -0.140. The largest absolute Gasteiger partial charge is 0.419 e. The van der Waals surface area contributed by atoms with Crippen molar-refractivity contribution in [2.24, 2.45) is 0 Å². The molecule has 2 aromatic rings. The summed E-state index contributed by atoms with van der Waals surface area (Å²) in [6, 6.07) is 10.6. The number of alkyl halides is 4. The van der Waals surface area contributed by atoms with Crippen LogP contribution < -0.4 is 0 Å². The first-order chi connectivity index (χ1) is 9.79. The number of benzene rings is 2. The first kappa shape index (κ1) is 15.8. The fourth-order valence-corrected chi connectivity index (χ4v) is 2.40. The van der Waals surface area contributed by atoms with E-state index in [1.54, 1.807) is 0 Å². The van der Waals surface area contributed by atoms with Gasteiger partial charge >= 0.3 is 6.18 Å². The monoisotopic (exact) mass is 316 g/mol. The number of hydrogen-bond acceptors (Lipinski definition) is 0. The van der Waals surface area contributed by atoms with Crippen LogP contribution in [0.1, 0.15) is 27.6 Å². The van der Waals surface area contributed by atoms with Gasteiger partial charge in [0.05, 0.1) is 10.9 Å². The summed E-state index contributed by atoms with van der Waals surface area (Å²) in [6.45, 7) is 1.93. The third-order valence-corrected chi connectivity index (χ3v) is 3.60. The fourth-order valence-electron chi connectivity index (χ4n) is 2.05. The molecular weight excluding hydrogens is 304 g/mol. The lowest BCUT2D eigenvalue weighted by atomic mass is 10.0. The lowest BCUT2D eigenvalue weighted by Crippen LogP contribution is -2.11. The molecule has 0 saturated carbocycles. The number of hydrogen-bond donors (Lipinski definition) is 0. The van der Waals surface area contributed by atoms with Gasteiger partial charge in [0.2, 0.25) is 0 Å². The quantitative estimate of drug-likeness (QED) is 0.505. The van der Waals surface area contributed by atoms with Gasteiger partial charge in [0.25, 0.3) is 0 Å². The zero-order valence-electron chi connectivity index (χ0n) is 11.2. The second kappa shape index (κ2) is 6.06. The van der Waals surface area contributed by atoms with Crippen LogP contribution in [-0.4, -0.2) is 0 Å². The van der Waals surface area contributed by atoms with Crippen LogP contribution >= 0.6 is 11.6 Å². The fraction of sp³-hybridized carbons (Fsp3) is 0.250. The lowest BCUT2D eigenvalue weighted by Gasteiger charge is -2.15. The van der Waals surface area contributed by atoms with Crippen molar-refractivity contribution in [2.45, 2.75) is 24.9 Å². The van der Waals surface area contributed by atoms with E-state index in [9.17, 15) is 17.6 Å². The molecule has 0 aliphatic carbocycles. The Kier molecular flexibility index (Phi) is 4.57. The van der Waals surface area contributed by atoms with Gasteiger partial charge < -0.3 is 0 Å². The molecule has 0 aliphatic rings. The zero-order valence-corrected chi connectivity index (χ0v) is 12.0. The predicted molar refractivity (Wildman–Crippen MR) is 74.9 cm³/mol. The maximum absolute atomic E-state index is 14.0. The van der Waals surface area contributed by atoms with E-state index >= 15 is 0 Å². The summed E-state index contributed by atoms with van der Waals surface area (Å²) in [6.07, 6.45) is -4.46. The molecule has 0 saturated heterocycles. The molecule has 1 atom stereocenters. The molecule has 0 heterocycles. The number of rotatable bonds is 3. The average molecular weight is 317 g/mol. The first-order valence-electron chi connectivity index (χ1n) is 6.34. The Hall–Kier alpha value is -1.55. The molecule has 2 rings (SSSR count). The van der Waals surface area contributed by atoms with Gasteiger partial charge in [-0.2, -0.15) is 13.2 Å². The highest BCUT2D eigenvalue weighted by atomic mass is 35.5. The van der Waals surface area contributed by atoms with Crippen LogP contribution in [0.4, 0.5) is 17.6 Å². The Labute approximate surface area is 125 Å². The van der Waals surface area contributed by atoms with Gasteiger partial charge in [0, 0.05) is 5.56 Å². The molecule has 0 nitrogen and oxygen atoms in total. The van der Waals surface area contributed by atoms with Crippen LogP contribution in [0.3, 0.4) is 0 Å². The molecule has 0 fully saturated rings. The summed E-state index contributed by atoms with van der Waals surface area (Å²) in [7, 11) is 0.